The van der Waals surface area contributed by atoms with E-state index in [1.54, 1.807) is 30.3 Å². The number of carbonyl (C=O) groups is 2. The van der Waals surface area contributed by atoms with Gasteiger partial charge in [-0.15, -0.1) is 0 Å². The average Bonchev–Trinajstić information content (AvgIpc) is 3.24. The van der Waals surface area contributed by atoms with Gasteiger partial charge in [0.2, 0.25) is 5.44 Å². The van der Waals surface area contributed by atoms with Crippen LogP contribution in [0.2, 0.25) is 0 Å². The number of carbonyl (C=O) groups excluding carboxylic acids is 1. The number of carboxylic acid groups (broad SMARTS) is 1. The summed E-state index contributed by atoms with van der Waals surface area (Å²) in [5.41, 5.74) is 1.68. The summed E-state index contributed by atoms with van der Waals surface area (Å²) in [6, 6.07) is 18.2. The summed E-state index contributed by atoms with van der Waals surface area (Å²) in [5, 5.41) is 9.60. The third-order valence-corrected chi connectivity index (χ3v) is 7.01. The number of carboxylic acids is 1. The Hall–Kier alpha value is -2.73. The van der Waals surface area contributed by atoms with Crippen LogP contribution in [0, 0.1) is 5.92 Å². The first-order valence-electron chi connectivity index (χ1n) is 9.66. The predicted octanol–water partition coefficient (Wildman–Crippen LogP) is 3.65. The normalized spacial score (nSPS) is 14.9. The van der Waals surface area contributed by atoms with Crippen molar-refractivity contribution in [2.24, 2.45) is 5.92 Å². The standard InChI is InChI=1S/C22H24NO6P/c24-21(25)19(14-17-8-3-1-4-9-17)16-30(27,28)20-12-7-13-23(20)22(26)29-15-18-10-5-2-6-11-18/h1-6,8-12,19,27-28H,7,13-16H2/p+1. The maximum Gasteiger partial charge on any atom is 0.417 e. The molecule has 0 aliphatic carbocycles. The van der Waals surface area contributed by atoms with Crippen molar-refractivity contribution in [2.45, 2.75) is 19.4 Å². The highest BCUT2D eigenvalue weighted by Crippen LogP contribution is 2.61. The molecule has 1 aliphatic rings. The molecule has 1 amide bonds. The minimum absolute atomic E-state index is 0.0670. The largest absolute Gasteiger partial charge is 0.481 e. The van der Waals surface area contributed by atoms with Crippen molar-refractivity contribution >= 4 is 19.8 Å². The Morgan fingerprint density at radius 1 is 1.00 bits per heavy atom. The lowest BCUT2D eigenvalue weighted by Gasteiger charge is -2.24. The van der Waals surface area contributed by atoms with Gasteiger partial charge in [0, 0.05) is 6.54 Å². The van der Waals surface area contributed by atoms with E-state index >= 15 is 0 Å². The maximum atomic E-state index is 12.5. The van der Waals surface area contributed by atoms with Crippen molar-refractivity contribution in [3.8, 4) is 0 Å². The first kappa shape index (κ1) is 22.0. The quantitative estimate of drug-likeness (QED) is 0.552. The van der Waals surface area contributed by atoms with Gasteiger partial charge in [0.1, 0.15) is 12.8 Å². The minimum Gasteiger partial charge on any atom is -0.481 e. The molecule has 30 heavy (non-hydrogen) atoms. The molecule has 2 aromatic carbocycles. The summed E-state index contributed by atoms with van der Waals surface area (Å²) >= 11 is 0. The molecule has 1 heterocycles. The van der Waals surface area contributed by atoms with Gasteiger partial charge in [0.05, 0.1) is 5.92 Å². The molecule has 7 nitrogen and oxygen atoms in total. The van der Waals surface area contributed by atoms with Gasteiger partial charge < -0.3 is 9.84 Å². The highest BCUT2D eigenvalue weighted by Gasteiger charge is 2.49. The zero-order chi connectivity index (χ0) is 21.6. The molecule has 0 aromatic heterocycles. The fourth-order valence-corrected chi connectivity index (χ4v) is 5.48. The Kier molecular flexibility index (Phi) is 7.21. The van der Waals surface area contributed by atoms with Crippen LogP contribution in [0.3, 0.4) is 0 Å². The van der Waals surface area contributed by atoms with Crippen molar-refractivity contribution in [1.82, 2.24) is 4.90 Å². The Morgan fingerprint density at radius 3 is 2.20 bits per heavy atom. The van der Waals surface area contributed by atoms with Crippen molar-refractivity contribution < 1.29 is 29.2 Å². The number of ether oxygens (including phenoxy) is 1. The van der Waals surface area contributed by atoms with Crippen LogP contribution in [-0.2, 0) is 22.6 Å². The van der Waals surface area contributed by atoms with Crippen molar-refractivity contribution in [3.63, 3.8) is 0 Å². The van der Waals surface area contributed by atoms with Crippen LogP contribution >= 0.6 is 7.72 Å². The average molecular weight is 430 g/mol. The summed E-state index contributed by atoms with van der Waals surface area (Å²) in [6.45, 7) is 0.333. The Balaban J connectivity index is 1.66. The molecular weight excluding hydrogens is 405 g/mol. The van der Waals surface area contributed by atoms with E-state index in [1.807, 2.05) is 36.4 Å². The number of rotatable bonds is 8. The molecule has 0 saturated heterocycles. The molecular formula is C22H25NO6P+. The van der Waals surface area contributed by atoms with Crippen LogP contribution < -0.4 is 0 Å². The van der Waals surface area contributed by atoms with Gasteiger partial charge in [-0.3, -0.25) is 4.79 Å². The number of amides is 1. The summed E-state index contributed by atoms with van der Waals surface area (Å²) in [5.74, 6) is -2.09. The fourth-order valence-electron chi connectivity index (χ4n) is 3.40. The van der Waals surface area contributed by atoms with Gasteiger partial charge in [0.25, 0.3) is 0 Å². The minimum atomic E-state index is -3.84. The van der Waals surface area contributed by atoms with E-state index in [4.69, 9.17) is 4.74 Å². The van der Waals surface area contributed by atoms with Crippen LogP contribution in [0.5, 0.6) is 0 Å². The van der Waals surface area contributed by atoms with E-state index in [0.29, 0.717) is 6.42 Å². The van der Waals surface area contributed by atoms with Crippen molar-refractivity contribution in [2.75, 3.05) is 12.7 Å². The van der Waals surface area contributed by atoms with Crippen molar-refractivity contribution in [3.05, 3.63) is 83.3 Å². The molecule has 0 fully saturated rings. The second-order valence-corrected chi connectivity index (χ2v) is 9.46. The molecule has 1 aliphatic heterocycles. The van der Waals surface area contributed by atoms with E-state index in [2.05, 4.69) is 0 Å². The van der Waals surface area contributed by atoms with Crippen LogP contribution in [-0.4, -0.2) is 44.6 Å². The molecule has 0 radical (unpaired) electrons. The monoisotopic (exact) mass is 430 g/mol. The third-order valence-electron chi connectivity index (χ3n) is 4.90. The van der Waals surface area contributed by atoms with Crippen LogP contribution in [0.15, 0.2) is 72.2 Å². The topological polar surface area (TPSA) is 107 Å². The van der Waals surface area contributed by atoms with E-state index in [-0.39, 0.29) is 31.2 Å². The lowest BCUT2D eigenvalue weighted by molar-refractivity contribution is -0.141. The molecule has 2 aromatic rings. The number of hydrogen-bond acceptors (Lipinski definition) is 5. The second kappa shape index (κ2) is 9.85. The molecule has 158 valence electrons. The lowest BCUT2D eigenvalue weighted by atomic mass is 10.0. The van der Waals surface area contributed by atoms with E-state index in [0.717, 1.165) is 11.1 Å². The van der Waals surface area contributed by atoms with E-state index < -0.39 is 25.7 Å². The zero-order valence-electron chi connectivity index (χ0n) is 16.4. The molecule has 0 spiro atoms. The first-order chi connectivity index (χ1) is 14.4. The van der Waals surface area contributed by atoms with Gasteiger partial charge in [-0.2, -0.15) is 0 Å². The Labute approximate surface area is 175 Å². The lowest BCUT2D eigenvalue weighted by Crippen LogP contribution is -2.31. The number of benzene rings is 2. The van der Waals surface area contributed by atoms with Crippen LogP contribution in [0.25, 0.3) is 0 Å². The predicted molar refractivity (Wildman–Crippen MR) is 114 cm³/mol. The number of aliphatic carboxylic acids is 1. The molecule has 8 heteroatoms. The van der Waals surface area contributed by atoms with Gasteiger partial charge >= 0.3 is 19.8 Å². The molecule has 1 atom stereocenters. The molecule has 0 saturated carbocycles. The maximum absolute atomic E-state index is 12.5. The van der Waals surface area contributed by atoms with E-state index in [9.17, 15) is 24.5 Å². The smallest absolute Gasteiger partial charge is 0.417 e. The SMILES string of the molecule is O=C(O)C(Cc1ccccc1)C[P+](O)(O)C1=CCCN1C(=O)OCc1ccccc1. The third kappa shape index (κ3) is 5.66. The number of nitrogens with zero attached hydrogens (tertiary/aromatic N) is 1. The summed E-state index contributed by atoms with van der Waals surface area (Å²) in [6.07, 6.45) is 1.19. The summed E-state index contributed by atoms with van der Waals surface area (Å²) < 4.78 is 5.31. The molecule has 1 unspecified atom stereocenters. The van der Waals surface area contributed by atoms with E-state index in [1.165, 1.54) is 4.90 Å². The molecule has 0 bridgehead atoms. The van der Waals surface area contributed by atoms with Gasteiger partial charge in [0.15, 0.2) is 0 Å². The number of hydrogen-bond donors (Lipinski definition) is 3. The van der Waals surface area contributed by atoms with Crippen LogP contribution in [0.1, 0.15) is 17.5 Å². The fraction of sp³-hybridized carbons (Fsp3) is 0.273. The van der Waals surface area contributed by atoms with Gasteiger partial charge in [-0.05, 0) is 30.0 Å². The van der Waals surface area contributed by atoms with Crippen molar-refractivity contribution in [1.29, 1.82) is 0 Å². The summed E-state index contributed by atoms with van der Waals surface area (Å²) in [7, 11) is -3.84. The highest BCUT2D eigenvalue weighted by molar-refractivity contribution is 7.68. The second-order valence-electron chi connectivity index (χ2n) is 7.18. The highest BCUT2D eigenvalue weighted by atomic mass is 31.2. The molecule has 3 rings (SSSR count). The van der Waals surface area contributed by atoms with Gasteiger partial charge in [-0.1, -0.05) is 60.7 Å². The Morgan fingerprint density at radius 2 is 1.60 bits per heavy atom. The zero-order valence-corrected chi connectivity index (χ0v) is 17.3. The Bertz CT molecular complexity index is 900. The van der Waals surface area contributed by atoms with Crippen LogP contribution in [0.4, 0.5) is 4.79 Å². The van der Waals surface area contributed by atoms with Gasteiger partial charge in [-0.25, -0.2) is 19.5 Å². The summed E-state index contributed by atoms with van der Waals surface area (Å²) in [4.78, 5) is 47.1. The first-order valence-corrected chi connectivity index (χ1v) is 11.5. The molecule has 3 N–H and O–H groups in total.